The Morgan fingerprint density at radius 2 is 1.84 bits per heavy atom. The molecular formula is C28H34ClN7S. The van der Waals surface area contributed by atoms with Gasteiger partial charge in [0.2, 0.25) is 0 Å². The monoisotopic (exact) mass is 535 g/mol. The van der Waals surface area contributed by atoms with Crippen molar-refractivity contribution in [1.29, 1.82) is 0 Å². The minimum Gasteiger partial charge on any atom is -0.388 e. The Morgan fingerprint density at radius 3 is 2.49 bits per heavy atom. The smallest absolute Gasteiger partial charge is 0.147 e. The van der Waals surface area contributed by atoms with Crippen molar-refractivity contribution < 1.29 is 0 Å². The minimum atomic E-state index is 0.498. The Kier molecular flexibility index (Phi) is 7.76. The molecule has 5 rings (SSSR count). The van der Waals surface area contributed by atoms with Crippen LogP contribution in [0.5, 0.6) is 0 Å². The van der Waals surface area contributed by atoms with Crippen molar-refractivity contribution in [3.05, 3.63) is 65.6 Å². The van der Waals surface area contributed by atoms with Crippen LogP contribution in [-0.4, -0.2) is 35.1 Å². The first-order valence-corrected chi connectivity index (χ1v) is 14.0. The molecule has 4 N–H and O–H groups in total. The highest BCUT2D eigenvalue weighted by Crippen LogP contribution is 2.46. The van der Waals surface area contributed by atoms with Gasteiger partial charge in [-0.15, -0.1) is 0 Å². The third-order valence-electron chi connectivity index (χ3n) is 7.67. The molecule has 0 amide bonds. The summed E-state index contributed by atoms with van der Waals surface area (Å²) in [5, 5.41) is 8.01. The molecule has 0 bridgehead atoms. The standard InChI is InChI=1S/C28H34ClN7S/c1-19(32-15-20-5-8-23(30)33-16-20)26-21(31-2)6-7-22(27(26)29)37-25-18-34-24(17-35-25)36-13-11-28(12-14-36)9-3-4-10-28/h5-8,16-18,31-32H,1,3-4,9-15H2,2H3,(H2,30,33). The van der Waals surface area contributed by atoms with Gasteiger partial charge in [0, 0.05) is 54.7 Å². The number of hydrogen-bond acceptors (Lipinski definition) is 8. The highest BCUT2D eigenvalue weighted by atomic mass is 35.5. The van der Waals surface area contributed by atoms with Crippen LogP contribution < -0.4 is 21.3 Å². The van der Waals surface area contributed by atoms with E-state index in [-0.39, 0.29) is 0 Å². The fourth-order valence-electron chi connectivity index (χ4n) is 5.45. The maximum Gasteiger partial charge on any atom is 0.147 e. The van der Waals surface area contributed by atoms with Crippen molar-refractivity contribution >= 4 is 46.4 Å². The van der Waals surface area contributed by atoms with E-state index in [9.17, 15) is 0 Å². The maximum absolute atomic E-state index is 6.91. The van der Waals surface area contributed by atoms with E-state index in [0.29, 0.717) is 22.8 Å². The third kappa shape index (κ3) is 5.80. The predicted octanol–water partition coefficient (Wildman–Crippen LogP) is 6.22. The average molecular weight is 536 g/mol. The summed E-state index contributed by atoms with van der Waals surface area (Å²) in [5.74, 6) is 1.46. The third-order valence-corrected chi connectivity index (χ3v) is 9.16. The molecule has 7 nitrogen and oxygen atoms in total. The van der Waals surface area contributed by atoms with Crippen LogP contribution in [0.4, 0.5) is 17.3 Å². The molecule has 1 aliphatic carbocycles. The number of nitrogens with zero attached hydrogens (tertiary/aromatic N) is 4. The van der Waals surface area contributed by atoms with Crippen molar-refractivity contribution in [3.8, 4) is 0 Å². The second-order valence-corrected chi connectivity index (χ2v) is 11.4. The summed E-state index contributed by atoms with van der Waals surface area (Å²) in [6, 6.07) is 7.73. The molecule has 1 aliphatic heterocycles. The summed E-state index contributed by atoms with van der Waals surface area (Å²) in [6.45, 7) is 6.95. The van der Waals surface area contributed by atoms with E-state index in [1.54, 1.807) is 12.3 Å². The molecule has 2 fully saturated rings. The lowest BCUT2D eigenvalue weighted by Crippen LogP contribution is -2.39. The van der Waals surface area contributed by atoms with Crippen molar-refractivity contribution in [2.45, 2.75) is 55.0 Å². The van der Waals surface area contributed by atoms with Crippen LogP contribution in [0.15, 0.2) is 59.4 Å². The minimum absolute atomic E-state index is 0.498. The quantitative estimate of drug-likeness (QED) is 0.313. The van der Waals surface area contributed by atoms with E-state index in [1.165, 1.54) is 50.3 Å². The zero-order valence-corrected chi connectivity index (χ0v) is 22.8. The van der Waals surface area contributed by atoms with Gasteiger partial charge >= 0.3 is 0 Å². The second-order valence-electron chi connectivity index (χ2n) is 9.98. The Bertz CT molecular complexity index is 1230. The molecule has 194 valence electrons. The molecule has 2 aromatic heterocycles. The molecule has 9 heteroatoms. The first kappa shape index (κ1) is 25.7. The zero-order chi connectivity index (χ0) is 25.8. The topological polar surface area (TPSA) is 92.0 Å². The van der Waals surface area contributed by atoms with Crippen LogP contribution in [0.3, 0.4) is 0 Å². The number of piperidine rings is 1. The molecule has 1 aromatic carbocycles. The van der Waals surface area contributed by atoms with E-state index in [1.807, 2.05) is 37.6 Å². The number of halogens is 1. The molecule has 1 saturated carbocycles. The molecular weight excluding hydrogens is 502 g/mol. The van der Waals surface area contributed by atoms with Gasteiger partial charge < -0.3 is 21.3 Å². The van der Waals surface area contributed by atoms with Crippen molar-refractivity contribution in [2.75, 3.05) is 36.1 Å². The molecule has 0 atom stereocenters. The van der Waals surface area contributed by atoms with Crippen LogP contribution in [0, 0.1) is 5.41 Å². The first-order valence-electron chi connectivity index (χ1n) is 12.8. The number of hydrogen-bond donors (Lipinski definition) is 3. The van der Waals surface area contributed by atoms with E-state index in [0.717, 1.165) is 51.3 Å². The van der Waals surface area contributed by atoms with Gasteiger partial charge in [0.05, 0.1) is 17.4 Å². The van der Waals surface area contributed by atoms with Gasteiger partial charge in [-0.1, -0.05) is 48.8 Å². The number of rotatable bonds is 8. The van der Waals surface area contributed by atoms with Gasteiger partial charge in [-0.05, 0) is 54.9 Å². The van der Waals surface area contributed by atoms with Crippen molar-refractivity contribution in [3.63, 3.8) is 0 Å². The van der Waals surface area contributed by atoms with E-state index >= 15 is 0 Å². The van der Waals surface area contributed by atoms with Crippen molar-refractivity contribution in [1.82, 2.24) is 20.3 Å². The molecule has 1 saturated heterocycles. The largest absolute Gasteiger partial charge is 0.388 e. The molecule has 3 aromatic rings. The summed E-state index contributed by atoms with van der Waals surface area (Å²) >= 11 is 8.41. The normalized spacial score (nSPS) is 16.6. The van der Waals surface area contributed by atoms with E-state index in [4.69, 9.17) is 27.3 Å². The Balaban J connectivity index is 1.25. The molecule has 0 radical (unpaired) electrons. The molecule has 3 heterocycles. The lowest BCUT2D eigenvalue weighted by molar-refractivity contribution is 0.226. The Hall–Kier alpha value is -2.97. The fraction of sp³-hybridized carbons (Fsp3) is 0.393. The number of aromatic nitrogens is 3. The molecule has 0 unspecified atom stereocenters. The van der Waals surface area contributed by atoms with E-state index < -0.39 is 0 Å². The van der Waals surface area contributed by atoms with Gasteiger partial charge in [-0.2, -0.15) is 0 Å². The molecule has 1 spiro atoms. The maximum atomic E-state index is 6.91. The lowest BCUT2D eigenvalue weighted by Gasteiger charge is -2.39. The number of nitrogens with one attached hydrogen (secondary N) is 2. The fourth-order valence-corrected chi connectivity index (χ4v) is 6.61. The van der Waals surface area contributed by atoms with Crippen LogP contribution >= 0.6 is 23.4 Å². The number of pyridine rings is 1. The summed E-state index contributed by atoms with van der Waals surface area (Å²) in [7, 11) is 1.87. The van der Waals surface area contributed by atoms with E-state index in [2.05, 4.69) is 27.1 Å². The summed E-state index contributed by atoms with van der Waals surface area (Å²) in [4.78, 5) is 16.9. The Morgan fingerprint density at radius 1 is 1.05 bits per heavy atom. The SMILES string of the molecule is C=C(NCc1ccc(N)nc1)c1c(NC)ccc(Sc2cnc(N3CCC4(CCCC4)CC3)cn2)c1Cl. The molecule has 37 heavy (non-hydrogen) atoms. The first-order chi connectivity index (χ1) is 18.0. The van der Waals surface area contributed by atoms with Crippen LogP contribution in [0.1, 0.15) is 49.7 Å². The number of nitrogen functional groups attached to an aromatic ring is 1. The highest BCUT2D eigenvalue weighted by Gasteiger charge is 2.37. The summed E-state index contributed by atoms with van der Waals surface area (Å²) in [5.41, 5.74) is 9.74. The number of nitrogens with two attached hydrogens (primary N) is 1. The second kappa shape index (κ2) is 11.2. The van der Waals surface area contributed by atoms with Crippen molar-refractivity contribution in [2.24, 2.45) is 5.41 Å². The number of anilines is 3. The van der Waals surface area contributed by atoms with Crippen LogP contribution in [0.25, 0.3) is 5.70 Å². The highest BCUT2D eigenvalue weighted by molar-refractivity contribution is 7.99. The van der Waals surface area contributed by atoms with Gasteiger partial charge in [-0.25, -0.2) is 15.0 Å². The number of benzene rings is 1. The lowest BCUT2D eigenvalue weighted by atomic mass is 9.77. The van der Waals surface area contributed by atoms with Gasteiger partial charge in [0.25, 0.3) is 0 Å². The predicted molar refractivity (Wildman–Crippen MR) is 154 cm³/mol. The van der Waals surface area contributed by atoms with Gasteiger partial charge in [-0.3, -0.25) is 0 Å². The van der Waals surface area contributed by atoms with Gasteiger partial charge in [0.1, 0.15) is 16.7 Å². The van der Waals surface area contributed by atoms with Gasteiger partial charge in [0.15, 0.2) is 0 Å². The Labute approximate surface area is 228 Å². The van der Waals surface area contributed by atoms with Crippen LogP contribution in [-0.2, 0) is 6.54 Å². The summed E-state index contributed by atoms with van der Waals surface area (Å²) < 4.78 is 0. The average Bonchev–Trinajstić information content (AvgIpc) is 3.38. The zero-order valence-electron chi connectivity index (χ0n) is 21.3. The van der Waals surface area contributed by atoms with Crippen LogP contribution in [0.2, 0.25) is 5.02 Å². The molecule has 2 aliphatic rings. The summed E-state index contributed by atoms with van der Waals surface area (Å²) in [6.07, 6.45) is 13.6.